The second-order valence-corrected chi connectivity index (χ2v) is 5.90. The van der Waals surface area contributed by atoms with Crippen LogP contribution in [0.5, 0.6) is 11.5 Å². The lowest BCUT2D eigenvalue weighted by atomic mass is 10.0. The first-order chi connectivity index (χ1) is 12.2. The van der Waals surface area contributed by atoms with Crippen molar-refractivity contribution in [2.45, 2.75) is 26.4 Å². The lowest BCUT2D eigenvalue weighted by Crippen LogP contribution is -2.43. The maximum atomic E-state index is 13.0. The summed E-state index contributed by atoms with van der Waals surface area (Å²) in [7, 11) is 1.63. The van der Waals surface area contributed by atoms with Gasteiger partial charge in [0.05, 0.1) is 19.3 Å². The summed E-state index contributed by atoms with van der Waals surface area (Å²) >= 11 is 0. The molecule has 0 bridgehead atoms. The molecule has 0 aromatic heterocycles. The highest BCUT2D eigenvalue weighted by Crippen LogP contribution is 2.40. The van der Waals surface area contributed by atoms with Gasteiger partial charge in [-0.3, -0.25) is 4.79 Å². The zero-order valence-corrected chi connectivity index (χ0v) is 14.9. The number of hydrogen-bond acceptors (Lipinski definition) is 4. The topological polar surface area (TPSA) is 50.8 Å². The fourth-order valence-corrected chi connectivity index (χ4v) is 3.25. The average molecular weight is 340 g/mol. The highest BCUT2D eigenvalue weighted by Gasteiger charge is 2.34. The number of carbonyl (C=O) groups is 1. The van der Waals surface area contributed by atoms with Crippen LogP contribution in [0.3, 0.4) is 0 Å². The van der Waals surface area contributed by atoms with Gasteiger partial charge in [0, 0.05) is 17.8 Å². The molecular weight excluding hydrogens is 316 g/mol. The van der Waals surface area contributed by atoms with E-state index in [0.717, 1.165) is 17.7 Å². The third-order valence-electron chi connectivity index (χ3n) is 4.29. The van der Waals surface area contributed by atoms with Crippen molar-refractivity contribution in [1.29, 1.82) is 0 Å². The van der Waals surface area contributed by atoms with Gasteiger partial charge in [-0.1, -0.05) is 31.2 Å². The van der Waals surface area contributed by atoms with E-state index in [4.69, 9.17) is 9.47 Å². The highest BCUT2D eigenvalue weighted by molar-refractivity contribution is 6.01. The molecule has 132 valence electrons. The van der Waals surface area contributed by atoms with Gasteiger partial charge in [-0.15, -0.1) is 0 Å². The van der Waals surface area contributed by atoms with E-state index in [0.29, 0.717) is 30.2 Å². The monoisotopic (exact) mass is 340 g/mol. The first kappa shape index (κ1) is 17.1. The van der Waals surface area contributed by atoms with Gasteiger partial charge in [0.15, 0.2) is 11.5 Å². The Balaban J connectivity index is 2.09. The number of benzene rings is 2. The van der Waals surface area contributed by atoms with Crippen LogP contribution in [0.1, 0.15) is 42.4 Å². The van der Waals surface area contributed by atoms with Crippen molar-refractivity contribution in [2.24, 2.45) is 0 Å². The lowest BCUT2D eigenvalue weighted by Gasteiger charge is -2.38. The van der Waals surface area contributed by atoms with Crippen LogP contribution in [-0.4, -0.2) is 31.1 Å². The number of nitrogens with zero attached hydrogens (tertiary/aromatic N) is 1. The Bertz CT molecular complexity index is 760. The number of fused-ring (bicyclic) bond motifs is 1. The molecule has 1 atom stereocenters. The minimum atomic E-state index is -0.294. The van der Waals surface area contributed by atoms with Crippen molar-refractivity contribution < 1.29 is 14.3 Å². The number of anilines is 1. The van der Waals surface area contributed by atoms with E-state index < -0.39 is 0 Å². The molecule has 0 spiro atoms. The SMILES string of the molecule is CCCN1C(=O)c2ccccc2N[C@H]1c1cccc(OCC)c1OC. The summed E-state index contributed by atoms with van der Waals surface area (Å²) in [6.45, 7) is 5.22. The summed E-state index contributed by atoms with van der Waals surface area (Å²) in [5.41, 5.74) is 2.44. The molecule has 0 aliphatic carbocycles. The molecule has 1 heterocycles. The molecule has 0 saturated heterocycles. The summed E-state index contributed by atoms with van der Waals surface area (Å²) in [5.74, 6) is 1.38. The highest BCUT2D eigenvalue weighted by atomic mass is 16.5. The number of carbonyl (C=O) groups excluding carboxylic acids is 1. The third kappa shape index (κ3) is 3.14. The van der Waals surface area contributed by atoms with E-state index in [1.807, 2.05) is 54.3 Å². The summed E-state index contributed by atoms with van der Waals surface area (Å²) in [4.78, 5) is 14.9. The van der Waals surface area contributed by atoms with Crippen LogP contribution in [0.4, 0.5) is 5.69 Å². The minimum absolute atomic E-state index is 0.0325. The van der Waals surface area contributed by atoms with Crippen molar-refractivity contribution in [3.63, 3.8) is 0 Å². The van der Waals surface area contributed by atoms with E-state index in [2.05, 4.69) is 12.2 Å². The van der Waals surface area contributed by atoms with Crippen LogP contribution in [-0.2, 0) is 0 Å². The van der Waals surface area contributed by atoms with Crippen LogP contribution in [0.2, 0.25) is 0 Å². The second-order valence-electron chi connectivity index (χ2n) is 5.90. The smallest absolute Gasteiger partial charge is 0.257 e. The Kier molecular flexibility index (Phi) is 5.12. The van der Waals surface area contributed by atoms with E-state index in [1.54, 1.807) is 7.11 Å². The predicted octanol–water partition coefficient (Wildman–Crippen LogP) is 4.07. The zero-order valence-electron chi connectivity index (χ0n) is 14.9. The maximum absolute atomic E-state index is 13.0. The zero-order chi connectivity index (χ0) is 17.8. The first-order valence-electron chi connectivity index (χ1n) is 8.67. The Morgan fingerprint density at radius 2 is 1.92 bits per heavy atom. The molecule has 1 aliphatic heterocycles. The fourth-order valence-electron chi connectivity index (χ4n) is 3.25. The van der Waals surface area contributed by atoms with Crippen LogP contribution in [0.25, 0.3) is 0 Å². The molecule has 3 rings (SSSR count). The summed E-state index contributed by atoms with van der Waals surface area (Å²) < 4.78 is 11.3. The molecule has 1 amide bonds. The summed E-state index contributed by atoms with van der Waals surface area (Å²) in [6, 6.07) is 13.4. The van der Waals surface area contributed by atoms with E-state index >= 15 is 0 Å². The van der Waals surface area contributed by atoms with Crippen molar-refractivity contribution in [1.82, 2.24) is 4.90 Å². The van der Waals surface area contributed by atoms with Crippen LogP contribution >= 0.6 is 0 Å². The molecule has 0 radical (unpaired) electrons. The van der Waals surface area contributed by atoms with Gasteiger partial charge in [-0.2, -0.15) is 0 Å². The van der Waals surface area contributed by atoms with Crippen LogP contribution in [0, 0.1) is 0 Å². The lowest BCUT2D eigenvalue weighted by molar-refractivity contribution is 0.0681. The molecule has 1 N–H and O–H groups in total. The van der Waals surface area contributed by atoms with Gasteiger partial charge in [-0.05, 0) is 31.5 Å². The second kappa shape index (κ2) is 7.47. The Morgan fingerprint density at radius 3 is 2.64 bits per heavy atom. The molecule has 0 fully saturated rings. The molecule has 2 aromatic carbocycles. The Hall–Kier alpha value is -2.69. The maximum Gasteiger partial charge on any atom is 0.257 e. The molecule has 0 saturated carbocycles. The van der Waals surface area contributed by atoms with Crippen molar-refractivity contribution in [3.8, 4) is 11.5 Å². The van der Waals surface area contributed by atoms with E-state index in [1.165, 1.54) is 0 Å². The minimum Gasteiger partial charge on any atom is -0.492 e. The molecule has 2 aromatic rings. The number of amides is 1. The van der Waals surface area contributed by atoms with Gasteiger partial charge in [0.2, 0.25) is 0 Å². The predicted molar refractivity (Wildman–Crippen MR) is 98.3 cm³/mol. The largest absolute Gasteiger partial charge is 0.492 e. The molecule has 1 aliphatic rings. The quantitative estimate of drug-likeness (QED) is 0.861. The van der Waals surface area contributed by atoms with Gasteiger partial charge in [0.1, 0.15) is 6.17 Å². The van der Waals surface area contributed by atoms with Gasteiger partial charge < -0.3 is 19.7 Å². The average Bonchev–Trinajstić information content (AvgIpc) is 2.64. The van der Waals surface area contributed by atoms with Crippen molar-refractivity contribution in [2.75, 3.05) is 25.6 Å². The summed E-state index contributed by atoms with van der Waals surface area (Å²) in [5, 5.41) is 3.49. The molecular formula is C20H24N2O3. The standard InChI is InChI=1S/C20H24N2O3/c1-4-13-22-19(21-16-11-7-6-9-14(16)20(22)23)15-10-8-12-17(25-5-2)18(15)24-3/h6-12,19,21H,4-5,13H2,1-3H3/t19-/m1/s1. The fraction of sp³-hybridized carbons (Fsp3) is 0.350. The van der Waals surface area contributed by atoms with Gasteiger partial charge in [0.25, 0.3) is 5.91 Å². The Morgan fingerprint density at radius 1 is 1.12 bits per heavy atom. The number of nitrogens with one attached hydrogen (secondary N) is 1. The molecule has 5 heteroatoms. The molecule has 5 nitrogen and oxygen atoms in total. The molecule has 0 unspecified atom stereocenters. The number of hydrogen-bond donors (Lipinski definition) is 1. The number of methoxy groups -OCH3 is 1. The number of rotatable bonds is 6. The van der Waals surface area contributed by atoms with E-state index in [9.17, 15) is 4.79 Å². The first-order valence-corrected chi connectivity index (χ1v) is 8.67. The summed E-state index contributed by atoms with van der Waals surface area (Å²) in [6.07, 6.45) is 0.581. The van der Waals surface area contributed by atoms with Gasteiger partial charge in [-0.25, -0.2) is 0 Å². The van der Waals surface area contributed by atoms with Crippen molar-refractivity contribution in [3.05, 3.63) is 53.6 Å². The van der Waals surface area contributed by atoms with Crippen LogP contribution in [0.15, 0.2) is 42.5 Å². The Labute approximate surface area is 148 Å². The van der Waals surface area contributed by atoms with Crippen LogP contribution < -0.4 is 14.8 Å². The number of ether oxygens (including phenoxy) is 2. The number of para-hydroxylation sites is 2. The third-order valence-corrected chi connectivity index (χ3v) is 4.29. The van der Waals surface area contributed by atoms with E-state index in [-0.39, 0.29) is 12.1 Å². The van der Waals surface area contributed by atoms with Gasteiger partial charge >= 0.3 is 0 Å². The normalized spacial score (nSPS) is 16.2. The molecule has 25 heavy (non-hydrogen) atoms. The van der Waals surface area contributed by atoms with Crippen molar-refractivity contribution >= 4 is 11.6 Å².